The zero-order chi connectivity index (χ0) is 12.5. The van der Waals surface area contributed by atoms with Crippen LogP contribution in [0.15, 0.2) is 0 Å². The van der Waals surface area contributed by atoms with Crippen LogP contribution >= 0.6 is 12.2 Å². The van der Waals surface area contributed by atoms with Gasteiger partial charge in [0.25, 0.3) is 0 Å². The highest BCUT2D eigenvalue weighted by atomic mass is 32.1. The van der Waals surface area contributed by atoms with E-state index in [1.54, 1.807) is 0 Å². The summed E-state index contributed by atoms with van der Waals surface area (Å²) in [7, 11) is 0. The second kappa shape index (κ2) is 8.99. The first-order valence-electron chi connectivity index (χ1n) is 6.46. The molecule has 2 saturated heterocycles. The Bertz CT molecular complexity index is 214. The van der Waals surface area contributed by atoms with E-state index in [0.29, 0.717) is 4.32 Å². The molecule has 17 heavy (non-hydrogen) atoms. The predicted molar refractivity (Wildman–Crippen MR) is 76.8 cm³/mol. The lowest BCUT2D eigenvalue weighted by atomic mass is 10.2. The molecule has 6 heteroatoms. The molecule has 4 N–H and O–H groups in total. The Morgan fingerprint density at radius 2 is 1.41 bits per heavy atom. The monoisotopic (exact) mass is 276 g/mol. The summed E-state index contributed by atoms with van der Waals surface area (Å²) in [4.78, 5) is 0. The zero-order valence-corrected chi connectivity index (χ0v) is 12.1. The molecule has 100 valence electrons. The first-order chi connectivity index (χ1) is 8.18. The van der Waals surface area contributed by atoms with Gasteiger partial charge in [-0.2, -0.15) is 5.01 Å². The van der Waals surface area contributed by atoms with Crippen LogP contribution in [-0.4, -0.2) is 40.5 Å². The van der Waals surface area contributed by atoms with Crippen molar-refractivity contribution in [1.29, 1.82) is 0 Å². The van der Waals surface area contributed by atoms with Crippen LogP contribution in [0.1, 0.15) is 38.5 Å². The van der Waals surface area contributed by atoms with E-state index in [0.717, 1.165) is 13.1 Å². The molecule has 0 saturated carbocycles. The number of hydrazine groups is 1. The lowest BCUT2D eigenvalue weighted by Gasteiger charge is -2.29. The van der Waals surface area contributed by atoms with Crippen LogP contribution in [0, 0.1) is 0 Å². The SMILES string of the molecule is S=C([S-])NN1CCCCC1.[NH3+]N1CCCCC1. The van der Waals surface area contributed by atoms with Crippen molar-refractivity contribution < 1.29 is 5.84 Å². The standard InChI is InChI=1S/C6H12N2S2.C5H12N2/c9-6(10)7-8-4-2-1-3-5-8;6-7-4-2-1-3-5-7/h1-5H2,(H2,7,9,10);1-6H2. The maximum atomic E-state index is 4.74. The molecule has 0 aliphatic carbocycles. The minimum absolute atomic E-state index is 0.460. The van der Waals surface area contributed by atoms with E-state index in [4.69, 9.17) is 24.8 Å². The number of nitrogens with zero attached hydrogens (tertiary/aromatic N) is 2. The summed E-state index contributed by atoms with van der Waals surface area (Å²) >= 11 is 9.48. The Labute approximate surface area is 115 Å². The molecule has 0 atom stereocenters. The van der Waals surface area contributed by atoms with Crippen molar-refractivity contribution in [2.24, 2.45) is 0 Å². The van der Waals surface area contributed by atoms with Gasteiger partial charge in [0.1, 0.15) is 0 Å². The van der Waals surface area contributed by atoms with Crippen LogP contribution in [0.3, 0.4) is 0 Å². The van der Waals surface area contributed by atoms with Gasteiger partial charge >= 0.3 is 0 Å². The highest BCUT2D eigenvalue weighted by Crippen LogP contribution is 2.05. The van der Waals surface area contributed by atoms with Crippen LogP contribution in [0.5, 0.6) is 0 Å². The Morgan fingerprint density at radius 1 is 0.941 bits per heavy atom. The molecule has 2 heterocycles. The molecule has 0 aromatic rings. The molecular formula is C11H24N4S2. The third-order valence-electron chi connectivity index (χ3n) is 3.05. The molecule has 0 amide bonds. The lowest BCUT2D eigenvalue weighted by molar-refractivity contribution is -0.577. The fourth-order valence-corrected chi connectivity index (χ4v) is 2.35. The van der Waals surface area contributed by atoms with Crippen molar-refractivity contribution in [1.82, 2.24) is 15.4 Å². The molecule has 2 rings (SSSR count). The zero-order valence-electron chi connectivity index (χ0n) is 10.5. The van der Waals surface area contributed by atoms with Crippen molar-refractivity contribution in [3.05, 3.63) is 0 Å². The average Bonchev–Trinajstić information content (AvgIpc) is 2.31. The highest BCUT2D eigenvalue weighted by molar-refractivity contribution is 8.00. The minimum Gasteiger partial charge on any atom is -0.410 e. The first-order valence-corrected chi connectivity index (χ1v) is 7.28. The van der Waals surface area contributed by atoms with E-state index < -0.39 is 0 Å². The number of quaternary nitrogens is 1. The van der Waals surface area contributed by atoms with Gasteiger partial charge in [-0.05, 0) is 30.0 Å². The first kappa shape index (κ1) is 15.0. The summed E-state index contributed by atoms with van der Waals surface area (Å²) in [5.74, 6) is 3.83. The molecule has 2 aliphatic rings. The van der Waals surface area contributed by atoms with Crippen LogP contribution in [0.2, 0.25) is 0 Å². The molecule has 0 aromatic heterocycles. The largest absolute Gasteiger partial charge is 0.410 e. The van der Waals surface area contributed by atoms with Crippen LogP contribution in [-0.2, 0) is 12.6 Å². The second-order valence-electron chi connectivity index (χ2n) is 4.63. The summed E-state index contributed by atoms with van der Waals surface area (Å²) in [6, 6.07) is 0. The van der Waals surface area contributed by atoms with Crippen LogP contribution < -0.4 is 11.3 Å². The van der Waals surface area contributed by atoms with Gasteiger partial charge in [0.15, 0.2) is 0 Å². The Hall–Kier alpha value is -0.0100. The molecule has 4 nitrogen and oxygen atoms in total. The fraction of sp³-hybridized carbons (Fsp3) is 0.909. The van der Waals surface area contributed by atoms with E-state index in [-0.39, 0.29) is 0 Å². The lowest BCUT2D eigenvalue weighted by Crippen LogP contribution is -2.68. The second-order valence-corrected chi connectivity index (χ2v) is 5.70. The molecule has 2 aliphatic heterocycles. The number of piperidine rings is 2. The van der Waals surface area contributed by atoms with Gasteiger partial charge in [-0.1, -0.05) is 12.8 Å². The third-order valence-corrected chi connectivity index (χ3v) is 3.24. The van der Waals surface area contributed by atoms with Crippen molar-refractivity contribution in [2.45, 2.75) is 38.5 Å². The smallest absolute Gasteiger partial charge is 0.0473 e. The molecule has 0 spiro atoms. The highest BCUT2D eigenvalue weighted by Gasteiger charge is 2.07. The summed E-state index contributed by atoms with van der Waals surface area (Å²) in [5, 5.41) is 4.24. The van der Waals surface area contributed by atoms with Crippen molar-refractivity contribution in [3.8, 4) is 0 Å². The normalized spacial score (nSPS) is 22.4. The number of thiocarbonyl (C=S) groups is 1. The number of nitrogens with one attached hydrogen (secondary N) is 1. The topological polar surface area (TPSA) is 46.1 Å². The number of rotatable bonds is 1. The Kier molecular flexibility index (Phi) is 7.96. The summed E-state index contributed by atoms with van der Waals surface area (Å²) in [6.07, 6.45) is 7.96. The van der Waals surface area contributed by atoms with Gasteiger partial charge in [-0.25, -0.2) is 5.01 Å². The molecule has 0 radical (unpaired) electrons. The van der Waals surface area contributed by atoms with E-state index in [1.165, 1.54) is 51.6 Å². The van der Waals surface area contributed by atoms with Crippen molar-refractivity contribution in [2.75, 3.05) is 26.2 Å². The number of hydrogen-bond donors (Lipinski definition) is 2. The van der Waals surface area contributed by atoms with Gasteiger partial charge in [0.05, 0.1) is 0 Å². The van der Waals surface area contributed by atoms with Crippen molar-refractivity contribution >= 4 is 29.2 Å². The Balaban J connectivity index is 0.000000181. The van der Waals surface area contributed by atoms with E-state index in [2.05, 4.69) is 21.3 Å². The van der Waals surface area contributed by atoms with Gasteiger partial charge < -0.3 is 30.3 Å². The predicted octanol–water partition coefficient (Wildman–Crippen LogP) is 0.438. The number of hydrogen-bond acceptors (Lipinski definition) is 4. The third kappa shape index (κ3) is 7.83. The van der Waals surface area contributed by atoms with E-state index in [9.17, 15) is 0 Å². The molecular weight excluding hydrogens is 252 g/mol. The summed E-state index contributed by atoms with van der Waals surface area (Å²) in [6.45, 7) is 4.58. The minimum atomic E-state index is 0.460. The maximum Gasteiger partial charge on any atom is 0.0473 e. The van der Waals surface area contributed by atoms with Crippen LogP contribution in [0.4, 0.5) is 0 Å². The Morgan fingerprint density at radius 3 is 1.76 bits per heavy atom. The van der Waals surface area contributed by atoms with Gasteiger partial charge in [0.2, 0.25) is 0 Å². The van der Waals surface area contributed by atoms with E-state index in [1.807, 2.05) is 0 Å². The molecule has 0 aromatic carbocycles. The molecule has 2 fully saturated rings. The molecule has 0 bridgehead atoms. The summed E-state index contributed by atoms with van der Waals surface area (Å²) in [5.41, 5.74) is 2.96. The fourth-order valence-electron chi connectivity index (χ4n) is 2.09. The van der Waals surface area contributed by atoms with Gasteiger partial charge in [-0.3, -0.25) is 5.84 Å². The average molecular weight is 276 g/mol. The van der Waals surface area contributed by atoms with Gasteiger partial charge in [-0.15, -0.1) is 0 Å². The van der Waals surface area contributed by atoms with Gasteiger partial charge in [0, 0.05) is 26.2 Å². The van der Waals surface area contributed by atoms with Crippen LogP contribution in [0.25, 0.3) is 0 Å². The van der Waals surface area contributed by atoms with Crippen molar-refractivity contribution in [3.63, 3.8) is 0 Å². The molecule has 0 unspecified atom stereocenters. The van der Waals surface area contributed by atoms with E-state index >= 15 is 0 Å². The quantitative estimate of drug-likeness (QED) is 0.537. The maximum absolute atomic E-state index is 4.74. The summed E-state index contributed by atoms with van der Waals surface area (Å²) < 4.78 is 0.460.